The van der Waals surface area contributed by atoms with Crippen LogP contribution in [0.4, 0.5) is 0 Å². The highest BCUT2D eigenvalue weighted by atomic mass is 16.5. The summed E-state index contributed by atoms with van der Waals surface area (Å²) in [6.07, 6.45) is 2.63. The minimum atomic E-state index is -0.806. The number of nitrogens with one attached hydrogen (secondary N) is 3. The normalized spacial score (nSPS) is 14.3. The van der Waals surface area contributed by atoms with E-state index in [0.29, 0.717) is 12.8 Å². The van der Waals surface area contributed by atoms with Gasteiger partial charge in [0.1, 0.15) is 6.04 Å². The first kappa shape index (κ1) is 30.0. The molecule has 0 aliphatic heterocycles. The van der Waals surface area contributed by atoms with Gasteiger partial charge in [-0.2, -0.15) is 0 Å². The van der Waals surface area contributed by atoms with Crippen LogP contribution in [-0.2, 0) is 27.2 Å². The fraction of sp³-hybridized carbons (Fsp3) is 0.382. The molecule has 3 aromatic rings. The molecule has 3 aromatic carbocycles. The minimum Gasteiger partial charge on any atom is -0.348 e. The molecule has 0 bridgehead atoms. The van der Waals surface area contributed by atoms with Crippen molar-refractivity contribution in [3.8, 4) is 11.1 Å². The lowest BCUT2D eigenvalue weighted by atomic mass is 9.85. The molecule has 0 saturated heterocycles. The molecule has 7 nitrogen and oxygen atoms in total. The van der Waals surface area contributed by atoms with Crippen LogP contribution in [0.25, 0.3) is 11.1 Å². The molecule has 3 unspecified atom stereocenters. The van der Waals surface area contributed by atoms with Crippen LogP contribution in [-0.4, -0.2) is 29.0 Å². The molecule has 4 rings (SSSR count). The summed E-state index contributed by atoms with van der Waals surface area (Å²) < 4.78 is 0. The van der Waals surface area contributed by atoms with E-state index in [1.165, 1.54) is 27.8 Å². The van der Waals surface area contributed by atoms with Gasteiger partial charge in [0.15, 0.2) is 0 Å². The smallest absolute Gasteiger partial charge is 0.244 e. The van der Waals surface area contributed by atoms with Crippen LogP contribution < -0.4 is 16.1 Å². The van der Waals surface area contributed by atoms with Crippen molar-refractivity contribution in [2.24, 2.45) is 11.3 Å². The Morgan fingerprint density at radius 1 is 0.854 bits per heavy atom. The molecule has 3 atom stereocenters. The van der Waals surface area contributed by atoms with E-state index in [9.17, 15) is 14.4 Å². The van der Waals surface area contributed by atoms with E-state index in [0.717, 1.165) is 18.4 Å². The zero-order valence-electron chi connectivity index (χ0n) is 24.4. The SMILES string of the molecule is CC(NC(=O)C(NC(=O)C(CCCc1ccc2c(c1)Cc1ccccc1-2)CC(=O)NO)C(C)(C)C)c1ccccc1. The first-order valence-electron chi connectivity index (χ1n) is 14.4. The molecule has 0 fully saturated rings. The van der Waals surface area contributed by atoms with Crippen molar-refractivity contribution in [1.29, 1.82) is 0 Å². The van der Waals surface area contributed by atoms with E-state index in [1.54, 1.807) is 5.48 Å². The monoisotopic (exact) mass is 555 g/mol. The van der Waals surface area contributed by atoms with Crippen LogP contribution in [0.5, 0.6) is 0 Å². The van der Waals surface area contributed by atoms with Gasteiger partial charge in [0.05, 0.1) is 6.04 Å². The van der Waals surface area contributed by atoms with Gasteiger partial charge in [0.25, 0.3) is 0 Å². The number of amides is 3. The van der Waals surface area contributed by atoms with Crippen molar-refractivity contribution >= 4 is 17.7 Å². The number of fused-ring (bicyclic) bond motifs is 3. The average Bonchev–Trinajstić information content (AvgIpc) is 3.32. The number of hydroxylamine groups is 1. The number of carbonyl (C=O) groups is 3. The van der Waals surface area contributed by atoms with E-state index < -0.39 is 23.3 Å². The zero-order valence-corrected chi connectivity index (χ0v) is 24.4. The maximum absolute atomic E-state index is 13.5. The average molecular weight is 556 g/mol. The number of rotatable bonds is 11. The van der Waals surface area contributed by atoms with Gasteiger partial charge in [0, 0.05) is 12.3 Å². The van der Waals surface area contributed by atoms with Gasteiger partial charge in [0.2, 0.25) is 17.7 Å². The second-order valence-corrected chi connectivity index (χ2v) is 12.1. The molecular formula is C34H41N3O4. The van der Waals surface area contributed by atoms with E-state index in [1.807, 2.05) is 58.0 Å². The maximum Gasteiger partial charge on any atom is 0.244 e. The molecule has 0 saturated carbocycles. The van der Waals surface area contributed by atoms with Crippen LogP contribution in [0.3, 0.4) is 0 Å². The highest BCUT2D eigenvalue weighted by Crippen LogP contribution is 2.37. The predicted octanol–water partition coefficient (Wildman–Crippen LogP) is 5.50. The molecule has 1 aliphatic rings. The predicted molar refractivity (Wildman–Crippen MR) is 160 cm³/mol. The third-order valence-electron chi connectivity index (χ3n) is 7.88. The Labute approximate surface area is 242 Å². The van der Waals surface area contributed by atoms with Crippen molar-refractivity contribution in [3.63, 3.8) is 0 Å². The highest BCUT2D eigenvalue weighted by Gasteiger charge is 2.35. The van der Waals surface area contributed by atoms with Crippen LogP contribution in [0.1, 0.15) is 75.3 Å². The molecule has 1 aliphatic carbocycles. The van der Waals surface area contributed by atoms with Crippen molar-refractivity contribution in [2.45, 2.75) is 71.9 Å². The van der Waals surface area contributed by atoms with Gasteiger partial charge in [-0.25, -0.2) is 5.48 Å². The maximum atomic E-state index is 13.5. The van der Waals surface area contributed by atoms with E-state index >= 15 is 0 Å². The van der Waals surface area contributed by atoms with Crippen LogP contribution >= 0.6 is 0 Å². The third kappa shape index (κ3) is 7.61. The van der Waals surface area contributed by atoms with Crippen molar-refractivity contribution in [2.75, 3.05) is 0 Å². The topological polar surface area (TPSA) is 108 Å². The summed E-state index contributed by atoms with van der Waals surface area (Å²) in [5, 5.41) is 15.1. The van der Waals surface area contributed by atoms with Crippen molar-refractivity contribution in [3.05, 3.63) is 95.1 Å². The van der Waals surface area contributed by atoms with Gasteiger partial charge >= 0.3 is 0 Å². The highest BCUT2D eigenvalue weighted by molar-refractivity contribution is 5.91. The molecule has 41 heavy (non-hydrogen) atoms. The lowest BCUT2D eigenvalue weighted by Gasteiger charge is -2.32. The summed E-state index contributed by atoms with van der Waals surface area (Å²) in [6.45, 7) is 7.59. The molecular weight excluding hydrogens is 514 g/mol. The number of carbonyl (C=O) groups excluding carboxylic acids is 3. The lowest BCUT2D eigenvalue weighted by molar-refractivity contribution is -0.137. The van der Waals surface area contributed by atoms with Crippen LogP contribution in [0.15, 0.2) is 72.8 Å². The number of aryl methyl sites for hydroxylation is 1. The fourth-order valence-corrected chi connectivity index (χ4v) is 5.56. The number of benzene rings is 3. The Morgan fingerprint density at radius 3 is 2.24 bits per heavy atom. The first-order chi connectivity index (χ1) is 19.6. The van der Waals surface area contributed by atoms with Crippen molar-refractivity contribution in [1.82, 2.24) is 16.1 Å². The quantitative estimate of drug-likeness (QED) is 0.145. The van der Waals surface area contributed by atoms with E-state index in [2.05, 4.69) is 53.1 Å². The Bertz CT molecular complexity index is 1380. The van der Waals surface area contributed by atoms with Gasteiger partial charge in [-0.15, -0.1) is 0 Å². The van der Waals surface area contributed by atoms with Crippen LogP contribution in [0, 0.1) is 11.3 Å². The van der Waals surface area contributed by atoms with Crippen LogP contribution in [0.2, 0.25) is 0 Å². The molecule has 0 heterocycles. The Balaban J connectivity index is 1.40. The Kier molecular flexibility index (Phi) is 9.61. The minimum absolute atomic E-state index is 0.166. The molecule has 216 valence electrons. The van der Waals surface area contributed by atoms with Crippen molar-refractivity contribution < 1.29 is 19.6 Å². The Hall–Kier alpha value is -3.97. The van der Waals surface area contributed by atoms with E-state index in [4.69, 9.17) is 5.21 Å². The van der Waals surface area contributed by atoms with Gasteiger partial charge in [-0.05, 0) is 71.4 Å². The molecule has 0 radical (unpaired) electrons. The largest absolute Gasteiger partial charge is 0.348 e. The molecule has 3 amide bonds. The van der Waals surface area contributed by atoms with Gasteiger partial charge in [-0.3, -0.25) is 19.6 Å². The first-order valence-corrected chi connectivity index (χ1v) is 14.4. The second-order valence-electron chi connectivity index (χ2n) is 12.1. The molecule has 0 spiro atoms. The van der Waals surface area contributed by atoms with E-state index in [-0.39, 0.29) is 24.3 Å². The van der Waals surface area contributed by atoms with Gasteiger partial charge < -0.3 is 10.6 Å². The summed E-state index contributed by atoms with van der Waals surface area (Å²) >= 11 is 0. The lowest BCUT2D eigenvalue weighted by Crippen LogP contribution is -2.55. The second kappa shape index (κ2) is 13.1. The summed E-state index contributed by atoms with van der Waals surface area (Å²) in [5.41, 5.74) is 8.43. The molecule has 4 N–H and O–H groups in total. The standard InChI is InChI=1S/C34H41N3O4/c1-22(24-12-6-5-7-13-24)35-33(40)31(34(2,3)4)36-32(39)26(21-30(38)37-41)15-10-11-23-17-18-29-27(19-23)20-25-14-8-9-16-28(25)29/h5-9,12-14,16-19,22,26,31,41H,10-11,15,20-21H2,1-4H3,(H,35,40)(H,36,39)(H,37,38). The molecule has 0 aromatic heterocycles. The zero-order chi connectivity index (χ0) is 29.6. The number of hydrogen-bond donors (Lipinski definition) is 4. The summed E-state index contributed by atoms with van der Waals surface area (Å²) in [5.74, 6) is -1.98. The Morgan fingerprint density at radius 2 is 1.54 bits per heavy atom. The summed E-state index contributed by atoms with van der Waals surface area (Å²) in [6, 6.07) is 23.6. The van der Waals surface area contributed by atoms with Gasteiger partial charge in [-0.1, -0.05) is 93.6 Å². The summed E-state index contributed by atoms with van der Waals surface area (Å²) in [4.78, 5) is 38.9. The summed E-state index contributed by atoms with van der Waals surface area (Å²) in [7, 11) is 0. The fourth-order valence-electron chi connectivity index (χ4n) is 5.56. The third-order valence-corrected chi connectivity index (χ3v) is 7.88. The molecule has 7 heteroatoms. The number of hydrogen-bond acceptors (Lipinski definition) is 4.